The van der Waals surface area contributed by atoms with Gasteiger partial charge in [-0.25, -0.2) is 4.98 Å². The second-order valence-corrected chi connectivity index (χ2v) is 2.62. The molecular weight excluding hydrogens is 156 g/mol. The van der Waals surface area contributed by atoms with Crippen molar-refractivity contribution in [3.05, 3.63) is 24.3 Å². The summed E-state index contributed by atoms with van der Waals surface area (Å²) >= 11 is 0. The molecule has 12 heavy (non-hydrogen) atoms. The van der Waals surface area contributed by atoms with Crippen LogP contribution in [0.2, 0.25) is 0 Å². The van der Waals surface area contributed by atoms with Crippen molar-refractivity contribution < 1.29 is 4.79 Å². The van der Waals surface area contributed by atoms with E-state index in [0.29, 0.717) is 12.2 Å². The fraction of sp³-hybridized carbons (Fsp3) is 0.286. The lowest BCUT2D eigenvalue weighted by Crippen LogP contribution is -2.19. The third-order valence-corrected chi connectivity index (χ3v) is 1.69. The molecule has 0 bridgehead atoms. The third-order valence-electron chi connectivity index (χ3n) is 1.69. The lowest BCUT2D eigenvalue weighted by atomic mass is 10.4. The summed E-state index contributed by atoms with van der Waals surface area (Å²) in [6, 6.07) is 0. The zero-order chi connectivity index (χ0) is 8.55. The van der Waals surface area contributed by atoms with Crippen LogP contribution in [0.4, 0.5) is 0 Å². The van der Waals surface area contributed by atoms with Gasteiger partial charge in [0, 0.05) is 12.4 Å². The topological polar surface area (TPSA) is 71.9 Å². The Bertz CT molecular complexity index is 300. The quantitative estimate of drug-likeness (QED) is 0.552. The van der Waals surface area contributed by atoms with Crippen LogP contribution in [0.3, 0.4) is 0 Å². The zero-order valence-electron chi connectivity index (χ0n) is 6.34. The van der Waals surface area contributed by atoms with Crippen molar-refractivity contribution in [2.24, 2.45) is 5.73 Å². The lowest BCUT2D eigenvalue weighted by molar-refractivity contribution is 0.0869. The summed E-state index contributed by atoms with van der Waals surface area (Å²) in [5.74, 6) is -0.143. The Morgan fingerprint density at radius 2 is 2.42 bits per heavy atom. The summed E-state index contributed by atoms with van der Waals surface area (Å²) in [6.45, 7) is 0.620. The maximum absolute atomic E-state index is 11.4. The van der Waals surface area contributed by atoms with Crippen LogP contribution in [0.1, 0.15) is 10.5 Å². The Labute approximate surface area is 69.2 Å². The second kappa shape index (κ2) is 2.53. The van der Waals surface area contributed by atoms with Crippen molar-refractivity contribution in [2.75, 3.05) is 6.54 Å². The molecule has 2 heterocycles. The van der Waals surface area contributed by atoms with E-state index in [4.69, 9.17) is 5.73 Å². The van der Waals surface area contributed by atoms with Crippen molar-refractivity contribution >= 4 is 5.91 Å². The monoisotopic (exact) mass is 164 g/mol. The number of nitrogens with two attached hydrogens (primary N) is 1. The van der Waals surface area contributed by atoms with E-state index in [9.17, 15) is 4.79 Å². The van der Waals surface area contributed by atoms with Crippen molar-refractivity contribution in [3.8, 4) is 0 Å². The van der Waals surface area contributed by atoms with Gasteiger partial charge in [-0.05, 0) is 0 Å². The first-order valence-corrected chi connectivity index (χ1v) is 3.61. The minimum absolute atomic E-state index is 0.125. The molecule has 1 aromatic rings. The maximum atomic E-state index is 11.4. The van der Waals surface area contributed by atoms with Gasteiger partial charge in [0.25, 0.3) is 5.91 Å². The number of hydrogen-bond donors (Lipinski definition) is 1. The van der Waals surface area contributed by atoms with Crippen LogP contribution in [0.15, 0.2) is 18.6 Å². The van der Waals surface area contributed by atoms with Gasteiger partial charge in [0.05, 0.1) is 18.9 Å². The molecule has 5 nitrogen and oxygen atoms in total. The van der Waals surface area contributed by atoms with Crippen molar-refractivity contribution in [1.82, 2.24) is 14.9 Å². The number of carbonyl (C=O) groups is 1. The summed E-state index contributed by atoms with van der Waals surface area (Å²) in [5.41, 5.74) is 5.81. The normalized spacial score (nSPS) is 20.8. The van der Waals surface area contributed by atoms with Gasteiger partial charge in [0.2, 0.25) is 0 Å². The van der Waals surface area contributed by atoms with E-state index in [2.05, 4.69) is 9.97 Å². The fourth-order valence-electron chi connectivity index (χ4n) is 0.945. The first-order valence-electron chi connectivity index (χ1n) is 3.61. The van der Waals surface area contributed by atoms with Gasteiger partial charge in [-0.15, -0.1) is 0 Å². The molecule has 0 aliphatic carbocycles. The highest BCUT2D eigenvalue weighted by molar-refractivity contribution is 5.93. The predicted molar refractivity (Wildman–Crippen MR) is 41.0 cm³/mol. The SMILES string of the molecule is NC1CN1C(=O)c1cnccn1. The van der Waals surface area contributed by atoms with Crippen LogP contribution < -0.4 is 5.73 Å². The molecule has 1 amide bonds. The molecule has 62 valence electrons. The highest BCUT2D eigenvalue weighted by Crippen LogP contribution is 2.14. The summed E-state index contributed by atoms with van der Waals surface area (Å²) in [4.78, 5) is 20.5. The maximum Gasteiger partial charge on any atom is 0.275 e. The van der Waals surface area contributed by atoms with Gasteiger partial charge in [-0.2, -0.15) is 0 Å². The summed E-state index contributed by atoms with van der Waals surface area (Å²) in [5, 5.41) is 0. The van der Waals surface area contributed by atoms with Crippen LogP contribution >= 0.6 is 0 Å². The minimum Gasteiger partial charge on any atom is -0.317 e. The van der Waals surface area contributed by atoms with E-state index < -0.39 is 0 Å². The molecule has 5 heteroatoms. The molecule has 1 aliphatic heterocycles. The Balaban J connectivity index is 2.16. The Kier molecular flexibility index (Phi) is 1.51. The average molecular weight is 164 g/mol. The molecule has 0 spiro atoms. The van der Waals surface area contributed by atoms with E-state index in [-0.39, 0.29) is 12.1 Å². The van der Waals surface area contributed by atoms with Crippen LogP contribution in [0.25, 0.3) is 0 Å². The largest absolute Gasteiger partial charge is 0.317 e. The number of hydrogen-bond acceptors (Lipinski definition) is 4. The number of aromatic nitrogens is 2. The van der Waals surface area contributed by atoms with Gasteiger partial charge in [0.15, 0.2) is 0 Å². The number of nitrogens with zero attached hydrogens (tertiary/aromatic N) is 3. The van der Waals surface area contributed by atoms with Gasteiger partial charge in [-0.3, -0.25) is 9.78 Å². The number of carbonyl (C=O) groups excluding carboxylic acids is 1. The molecule has 1 aliphatic rings. The van der Waals surface area contributed by atoms with E-state index in [0.717, 1.165) is 0 Å². The molecular formula is C7H8N4O. The summed E-state index contributed by atoms with van der Waals surface area (Å²) in [6.07, 6.45) is 4.33. The highest BCUT2D eigenvalue weighted by Gasteiger charge is 2.36. The van der Waals surface area contributed by atoms with Crippen LogP contribution in [-0.2, 0) is 0 Å². The molecule has 1 aromatic heterocycles. The molecule has 0 aromatic carbocycles. The first-order chi connectivity index (χ1) is 5.79. The van der Waals surface area contributed by atoms with Crippen LogP contribution in [-0.4, -0.2) is 33.5 Å². The molecule has 0 saturated carbocycles. The summed E-state index contributed by atoms with van der Waals surface area (Å²) in [7, 11) is 0. The molecule has 0 radical (unpaired) electrons. The van der Waals surface area contributed by atoms with Gasteiger partial charge in [0.1, 0.15) is 5.69 Å². The number of rotatable bonds is 1. The van der Waals surface area contributed by atoms with Crippen molar-refractivity contribution in [1.29, 1.82) is 0 Å². The molecule has 1 atom stereocenters. The average Bonchev–Trinajstić information content (AvgIpc) is 2.83. The predicted octanol–water partition coefficient (Wildman–Crippen LogP) is -0.783. The van der Waals surface area contributed by atoms with Crippen LogP contribution in [0.5, 0.6) is 0 Å². The van der Waals surface area contributed by atoms with E-state index >= 15 is 0 Å². The minimum atomic E-state index is -0.143. The Morgan fingerprint density at radius 3 is 2.92 bits per heavy atom. The molecule has 2 N–H and O–H groups in total. The van der Waals surface area contributed by atoms with Gasteiger partial charge in [-0.1, -0.05) is 0 Å². The molecule has 1 unspecified atom stereocenters. The van der Waals surface area contributed by atoms with Crippen LogP contribution in [0, 0.1) is 0 Å². The van der Waals surface area contributed by atoms with Crippen molar-refractivity contribution in [2.45, 2.75) is 6.17 Å². The van der Waals surface area contributed by atoms with Crippen molar-refractivity contribution in [3.63, 3.8) is 0 Å². The fourth-order valence-corrected chi connectivity index (χ4v) is 0.945. The molecule has 1 saturated heterocycles. The standard InChI is InChI=1S/C7H8N4O/c8-6-4-11(6)7(12)5-3-9-1-2-10-5/h1-3,6H,4,8H2. The Hall–Kier alpha value is -1.49. The highest BCUT2D eigenvalue weighted by atomic mass is 16.2. The summed E-state index contributed by atoms with van der Waals surface area (Å²) < 4.78 is 0. The third kappa shape index (κ3) is 1.14. The Morgan fingerprint density at radius 1 is 1.67 bits per heavy atom. The van der Waals surface area contributed by atoms with E-state index in [1.807, 2.05) is 0 Å². The first kappa shape index (κ1) is 7.17. The molecule has 2 rings (SSSR count). The van der Waals surface area contributed by atoms with Gasteiger partial charge < -0.3 is 10.6 Å². The zero-order valence-corrected chi connectivity index (χ0v) is 6.34. The van der Waals surface area contributed by atoms with Gasteiger partial charge >= 0.3 is 0 Å². The van der Waals surface area contributed by atoms with E-state index in [1.165, 1.54) is 23.5 Å². The smallest absolute Gasteiger partial charge is 0.275 e. The molecule has 1 fully saturated rings. The number of amides is 1. The lowest BCUT2D eigenvalue weighted by Gasteiger charge is -1.99. The second-order valence-electron chi connectivity index (χ2n) is 2.62. The van der Waals surface area contributed by atoms with E-state index in [1.54, 1.807) is 0 Å².